The van der Waals surface area contributed by atoms with Gasteiger partial charge in [0.1, 0.15) is 29.2 Å². The van der Waals surface area contributed by atoms with Crippen LogP contribution in [0.15, 0.2) is 61.2 Å². The van der Waals surface area contributed by atoms with Crippen LogP contribution in [-0.4, -0.2) is 35.9 Å². The second kappa shape index (κ2) is 7.65. The first-order valence-corrected chi connectivity index (χ1v) is 9.55. The molecule has 0 radical (unpaired) electrons. The van der Waals surface area contributed by atoms with E-state index in [4.69, 9.17) is 0 Å². The third-order valence-electron chi connectivity index (χ3n) is 4.86. The van der Waals surface area contributed by atoms with Crippen LogP contribution in [0.25, 0.3) is 39.2 Å². The number of nitrogens with zero attached hydrogens (tertiary/aromatic N) is 5. The normalized spacial score (nSPS) is 11.1. The van der Waals surface area contributed by atoms with Crippen LogP contribution in [0.2, 0.25) is 0 Å². The van der Waals surface area contributed by atoms with E-state index in [9.17, 15) is 13.6 Å². The first kappa shape index (κ1) is 19.5. The molecule has 0 aliphatic rings. The number of carbonyl (C=O) groups excluding carboxylic acids is 1. The number of aromatic amines is 1. The SMILES string of the molecule is CC(=O)Nc1cc(-c2ccc(F)cc2F)cc(-n2cnc3cc(-c4cn[nH]n4)cnc32)c1. The van der Waals surface area contributed by atoms with Crippen molar-refractivity contribution < 1.29 is 13.6 Å². The predicted octanol–water partition coefficient (Wildman–Crippen LogP) is 4.11. The number of fused-ring (bicyclic) bond motifs is 1. The molecular formula is C22H15F2N7O. The summed E-state index contributed by atoms with van der Waals surface area (Å²) in [6, 6.07) is 10.3. The van der Waals surface area contributed by atoms with Crippen LogP contribution in [0.3, 0.4) is 0 Å². The van der Waals surface area contributed by atoms with Gasteiger partial charge < -0.3 is 5.32 Å². The van der Waals surface area contributed by atoms with E-state index in [2.05, 4.69) is 30.7 Å². The fraction of sp³-hybridized carbons (Fsp3) is 0.0455. The zero-order valence-electron chi connectivity index (χ0n) is 16.7. The predicted molar refractivity (Wildman–Crippen MR) is 114 cm³/mol. The van der Waals surface area contributed by atoms with Crippen molar-refractivity contribution in [1.82, 2.24) is 29.9 Å². The lowest BCUT2D eigenvalue weighted by Crippen LogP contribution is -2.07. The molecule has 0 aliphatic heterocycles. The molecular weight excluding hydrogens is 416 g/mol. The molecule has 2 aromatic carbocycles. The van der Waals surface area contributed by atoms with E-state index in [1.54, 1.807) is 41.5 Å². The van der Waals surface area contributed by atoms with Crippen molar-refractivity contribution in [3.8, 4) is 28.1 Å². The summed E-state index contributed by atoms with van der Waals surface area (Å²) in [7, 11) is 0. The quantitative estimate of drug-likeness (QED) is 0.446. The lowest BCUT2D eigenvalue weighted by atomic mass is 10.0. The van der Waals surface area contributed by atoms with Gasteiger partial charge in [0, 0.05) is 36.0 Å². The van der Waals surface area contributed by atoms with Crippen LogP contribution >= 0.6 is 0 Å². The van der Waals surface area contributed by atoms with Gasteiger partial charge in [-0.05, 0) is 42.0 Å². The Kier molecular flexibility index (Phi) is 4.66. The van der Waals surface area contributed by atoms with Crippen molar-refractivity contribution in [1.29, 1.82) is 0 Å². The first-order chi connectivity index (χ1) is 15.5. The molecule has 3 heterocycles. The fourth-order valence-corrected chi connectivity index (χ4v) is 3.48. The molecule has 0 unspecified atom stereocenters. The van der Waals surface area contributed by atoms with E-state index in [1.807, 2.05) is 6.07 Å². The summed E-state index contributed by atoms with van der Waals surface area (Å²) in [5.41, 5.74) is 4.27. The Morgan fingerprint density at radius 1 is 1.03 bits per heavy atom. The number of carbonyl (C=O) groups is 1. The third kappa shape index (κ3) is 3.58. The number of anilines is 1. The first-order valence-electron chi connectivity index (χ1n) is 9.55. The number of nitrogens with one attached hydrogen (secondary N) is 2. The van der Waals surface area contributed by atoms with Gasteiger partial charge in [-0.1, -0.05) is 0 Å². The van der Waals surface area contributed by atoms with Crippen LogP contribution in [0.4, 0.5) is 14.5 Å². The minimum Gasteiger partial charge on any atom is -0.326 e. The van der Waals surface area contributed by atoms with Gasteiger partial charge in [0.2, 0.25) is 5.91 Å². The Balaban J connectivity index is 1.65. The Labute approximate surface area is 180 Å². The third-order valence-corrected chi connectivity index (χ3v) is 4.86. The molecule has 5 aromatic rings. The van der Waals surface area contributed by atoms with Crippen LogP contribution in [0.5, 0.6) is 0 Å². The molecule has 0 saturated heterocycles. The van der Waals surface area contributed by atoms with E-state index in [0.29, 0.717) is 33.8 Å². The van der Waals surface area contributed by atoms with Gasteiger partial charge >= 0.3 is 0 Å². The van der Waals surface area contributed by atoms with Crippen LogP contribution in [-0.2, 0) is 4.79 Å². The molecule has 10 heteroatoms. The molecule has 1 amide bonds. The van der Waals surface area contributed by atoms with Crippen molar-refractivity contribution in [3.63, 3.8) is 0 Å². The van der Waals surface area contributed by atoms with Gasteiger partial charge in [-0.15, -0.1) is 0 Å². The van der Waals surface area contributed by atoms with E-state index < -0.39 is 11.6 Å². The highest BCUT2D eigenvalue weighted by Crippen LogP contribution is 2.30. The second-order valence-corrected chi connectivity index (χ2v) is 7.11. The molecule has 2 N–H and O–H groups in total. The molecule has 32 heavy (non-hydrogen) atoms. The maximum Gasteiger partial charge on any atom is 0.221 e. The van der Waals surface area contributed by atoms with Crippen molar-refractivity contribution >= 4 is 22.8 Å². The van der Waals surface area contributed by atoms with E-state index in [-0.39, 0.29) is 11.5 Å². The van der Waals surface area contributed by atoms with E-state index in [1.165, 1.54) is 19.1 Å². The molecule has 158 valence electrons. The lowest BCUT2D eigenvalue weighted by molar-refractivity contribution is -0.114. The highest BCUT2D eigenvalue weighted by atomic mass is 19.1. The Bertz CT molecular complexity index is 1460. The van der Waals surface area contributed by atoms with Crippen molar-refractivity contribution in [3.05, 3.63) is 72.8 Å². The zero-order valence-corrected chi connectivity index (χ0v) is 16.7. The molecule has 8 nitrogen and oxygen atoms in total. The zero-order chi connectivity index (χ0) is 22.2. The van der Waals surface area contributed by atoms with Gasteiger partial charge in [0.15, 0.2) is 5.65 Å². The summed E-state index contributed by atoms with van der Waals surface area (Å²) in [6.45, 7) is 1.38. The molecule has 0 bridgehead atoms. The van der Waals surface area contributed by atoms with Gasteiger partial charge in [-0.25, -0.2) is 18.7 Å². The lowest BCUT2D eigenvalue weighted by Gasteiger charge is -2.12. The number of amides is 1. The molecule has 0 atom stereocenters. The molecule has 0 aliphatic carbocycles. The Morgan fingerprint density at radius 3 is 2.66 bits per heavy atom. The summed E-state index contributed by atoms with van der Waals surface area (Å²) >= 11 is 0. The van der Waals surface area contributed by atoms with Gasteiger partial charge in [0.25, 0.3) is 0 Å². The second-order valence-electron chi connectivity index (χ2n) is 7.11. The minimum absolute atomic E-state index is 0.200. The van der Waals surface area contributed by atoms with E-state index >= 15 is 0 Å². The van der Waals surface area contributed by atoms with Crippen molar-refractivity contribution in [2.75, 3.05) is 5.32 Å². The summed E-state index contributed by atoms with van der Waals surface area (Å²) in [6.07, 6.45) is 4.82. The number of hydrogen-bond donors (Lipinski definition) is 2. The molecule has 0 saturated carbocycles. The molecule has 3 aromatic heterocycles. The average molecular weight is 431 g/mol. The van der Waals surface area contributed by atoms with Crippen LogP contribution < -0.4 is 5.32 Å². The maximum atomic E-state index is 14.5. The number of benzene rings is 2. The van der Waals surface area contributed by atoms with Crippen LogP contribution in [0.1, 0.15) is 6.92 Å². The van der Waals surface area contributed by atoms with Gasteiger partial charge in [0.05, 0.1) is 11.9 Å². The number of aromatic nitrogens is 6. The molecule has 5 rings (SSSR count). The number of halogens is 2. The Morgan fingerprint density at radius 2 is 1.91 bits per heavy atom. The number of imidazole rings is 1. The smallest absolute Gasteiger partial charge is 0.221 e. The van der Waals surface area contributed by atoms with Crippen molar-refractivity contribution in [2.45, 2.75) is 6.92 Å². The largest absolute Gasteiger partial charge is 0.326 e. The minimum atomic E-state index is -0.707. The number of hydrogen-bond acceptors (Lipinski definition) is 5. The standard InChI is InChI=1S/C22H15F2N7O/c1-12(32)28-16-4-13(18-3-2-15(23)7-19(18)24)5-17(8-16)31-11-26-20-6-14(9-25-22(20)31)21-10-27-30-29-21/h2-11H,1H3,(H,28,32)(H,27,29,30). The average Bonchev–Trinajstić information content (AvgIpc) is 3.42. The summed E-state index contributed by atoms with van der Waals surface area (Å²) in [5.74, 6) is -1.66. The summed E-state index contributed by atoms with van der Waals surface area (Å²) < 4.78 is 29.6. The fourth-order valence-electron chi connectivity index (χ4n) is 3.48. The molecule has 0 fully saturated rings. The summed E-state index contributed by atoms with van der Waals surface area (Å²) in [4.78, 5) is 20.6. The topological polar surface area (TPSA) is 101 Å². The van der Waals surface area contributed by atoms with Gasteiger partial charge in [-0.3, -0.25) is 9.36 Å². The molecule has 0 spiro atoms. The highest BCUT2D eigenvalue weighted by Gasteiger charge is 2.14. The Hall–Kier alpha value is -4.47. The van der Waals surface area contributed by atoms with Gasteiger partial charge in [-0.2, -0.15) is 15.4 Å². The monoisotopic (exact) mass is 431 g/mol. The summed E-state index contributed by atoms with van der Waals surface area (Å²) in [5, 5.41) is 13.1. The maximum absolute atomic E-state index is 14.5. The number of H-pyrrole nitrogens is 1. The van der Waals surface area contributed by atoms with Crippen molar-refractivity contribution in [2.24, 2.45) is 0 Å². The number of pyridine rings is 1. The highest BCUT2D eigenvalue weighted by molar-refractivity contribution is 5.90. The number of rotatable bonds is 4. The van der Waals surface area contributed by atoms with Crippen LogP contribution in [0, 0.1) is 11.6 Å². The van der Waals surface area contributed by atoms with E-state index in [0.717, 1.165) is 11.6 Å².